The first-order chi connectivity index (χ1) is 7.31. The number of rotatable bonds is 4. The van der Waals surface area contributed by atoms with Gasteiger partial charge in [-0.15, -0.1) is 11.6 Å². The molecule has 0 radical (unpaired) electrons. The van der Waals surface area contributed by atoms with Crippen LogP contribution in [0.4, 0.5) is 0 Å². The van der Waals surface area contributed by atoms with Crippen molar-refractivity contribution >= 4 is 35.0 Å². The van der Waals surface area contributed by atoms with E-state index in [9.17, 15) is 0 Å². The summed E-state index contributed by atoms with van der Waals surface area (Å²) in [5.41, 5.74) is 2.21. The molecule has 0 saturated carbocycles. The number of fused-ring (bicyclic) bond motifs is 1. The lowest BCUT2D eigenvalue weighted by Gasteiger charge is -2.01. The molecule has 0 fully saturated rings. The van der Waals surface area contributed by atoms with E-state index in [1.165, 1.54) is 0 Å². The van der Waals surface area contributed by atoms with Crippen LogP contribution in [0.25, 0.3) is 11.2 Å². The lowest BCUT2D eigenvalue weighted by Crippen LogP contribution is -1.96. The Kier molecular flexibility index (Phi) is 3.41. The lowest BCUT2D eigenvalue weighted by atomic mass is 10.2. The molecule has 1 heterocycles. The zero-order valence-corrected chi connectivity index (χ0v) is 9.44. The van der Waals surface area contributed by atoms with E-state index in [1.807, 2.05) is 12.1 Å². The molecule has 1 aromatic heterocycles. The molecule has 15 heavy (non-hydrogen) atoms. The average Bonchev–Trinajstić information content (AvgIpc) is 2.59. The molecule has 0 aliphatic carbocycles. The molecular weight excluding hydrogens is 236 g/mol. The van der Waals surface area contributed by atoms with Gasteiger partial charge in [-0.1, -0.05) is 12.1 Å². The van der Waals surface area contributed by atoms with E-state index in [4.69, 9.17) is 37.4 Å². The Morgan fingerprint density at radius 1 is 1.33 bits per heavy atom. The third kappa shape index (κ3) is 2.40. The number of ether oxygens (including phenoxy) is 1. The van der Waals surface area contributed by atoms with E-state index in [-0.39, 0.29) is 4.90 Å². The third-order valence-corrected chi connectivity index (χ3v) is 2.24. The molecule has 0 atom stereocenters. The summed E-state index contributed by atoms with van der Waals surface area (Å²) in [6.45, 7) is 0.957. The largest absolute Gasteiger partial charge is 0.413 e. The summed E-state index contributed by atoms with van der Waals surface area (Å²) in [7, 11) is 0. The van der Waals surface area contributed by atoms with E-state index in [0.29, 0.717) is 30.3 Å². The number of para-hydroxylation sites is 1. The highest BCUT2D eigenvalue weighted by Gasteiger charge is 2.06. The summed E-state index contributed by atoms with van der Waals surface area (Å²) in [4.78, 5) is 0.134. The van der Waals surface area contributed by atoms with Gasteiger partial charge in [0.2, 0.25) is 0 Å². The molecule has 0 spiro atoms. The van der Waals surface area contributed by atoms with E-state index < -0.39 is 0 Å². The molecule has 0 amide bonds. The normalized spacial score (nSPS) is 11.0. The van der Waals surface area contributed by atoms with Gasteiger partial charge >= 0.3 is 4.90 Å². The molecule has 2 aromatic rings. The quantitative estimate of drug-likeness (QED) is 0.468. The summed E-state index contributed by atoms with van der Waals surface area (Å²) in [5.74, 6) is 0.477. The van der Waals surface area contributed by atoms with Crippen LogP contribution in [-0.2, 0) is 11.3 Å². The minimum Gasteiger partial charge on any atom is -0.413 e. The van der Waals surface area contributed by atoms with Gasteiger partial charge in [0.05, 0.1) is 13.2 Å². The first-order valence-corrected chi connectivity index (χ1v) is 5.41. The van der Waals surface area contributed by atoms with Gasteiger partial charge in [0.25, 0.3) is 0 Å². The van der Waals surface area contributed by atoms with Crippen LogP contribution in [0.3, 0.4) is 0 Å². The third-order valence-electron chi connectivity index (χ3n) is 1.92. The molecule has 80 valence electrons. The van der Waals surface area contributed by atoms with Crippen molar-refractivity contribution in [2.45, 2.75) is 6.61 Å². The Bertz CT molecular complexity index is 503. The maximum absolute atomic E-state index is 5.51. The maximum Gasteiger partial charge on any atom is 0.363 e. The molecule has 0 N–H and O–H groups in total. The van der Waals surface area contributed by atoms with Crippen LogP contribution < -0.4 is 0 Å². The molecule has 3 nitrogen and oxygen atoms in total. The Labute approximate surface area is 96.6 Å². The molecule has 0 unspecified atom stereocenters. The first-order valence-electron chi connectivity index (χ1n) is 4.46. The summed E-state index contributed by atoms with van der Waals surface area (Å²) in [6.07, 6.45) is 0. The van der Waals surface area contributed by atoms with Crippen LogP contribution in [0.15, 0.2) is 27.0 Å². The van der Waals surface area contributed by atoms with Gasteiger partial charge in [0.15, 0.2) is 11.2 Å². The number of alkyl halides is 1. The Balaban J connectivity index is 2.29. The zero-order chi connectivity index (χ0) is 10.7. The van der Waals surface area contributed by atoms with Crippen molar-refractivity contribution in [3.05, 3.63) is 28.7 Å². The van der Waals surface area contributed by atoms with Crippen molar-refractivity contribution in [1.29, 1.82) is 0 Å². The topological polar surface area (TPSA) is 35.5 Å². The van der Waals surface area contributed by atoms with Crippen molar-refractivity contribution in [1.82, 2.24) is 0 Å². The van der Waals surface area contributed by atoms with Gasteiger partial charge in [0, 0.05) is 23.7 Å². The van der Waals surface area contributed by atoms with Gasteiger partial charge in [-0.05, 0) is 6.07 Å². The summed E-state index contributed by atoms with van der Waals surface area (Å²) in [6, 6.07) is 5.58. The van der Waals surface area contributed by atoms with Crippen molar-refractivity contribution < 1.29 is 13.6 Å². The fourth-order valence-electron chi connectivity index (χ4n) is 1.30. The van der Waals surface area contributed by atoms with Crippen LogP contribution in [0.2, 0.25) is 0 Å². The Morgan fingerprint density at radius 3 is 3.00 bits per heavy atom. The van der Waals surface area contributed by atoms with Crippen LogP contribution in [-0.4, -0.2) is 12.5 Å². The van der Waals surface area contributed by atoms with Gasteiger partial charge in [-0.3, -0.25) is 0 Å². The number of hydrogen-bond donors (Lipinski definition) is 0. The number of hydrogen-bond acceptors (Lipinski definition) is 4. The minimum absolute atomic E-state index is 0.134. The number of benzene rings is 1. The highest BCUT2D eigenvalue weighted by atomic mass is 35.5. The van der Waals surface area contributed by atoms with Gasteiger partial charge in [0.1, 0.15) is 0 Å². The predicted octanol–water partition coefficient (Wildman–Crippen LogP) is 3.51. The fraction of sp³-hybridized carbons (Fsp3) is 0.300. The van der Waals surface area contributed by atoms with Gasteiger partial charge in [-0.2, -0.15) is 0 Å². The van der Waals surface area contributed by atoms with Crippen molar-refractivity contribution in [3.8, 4) is 0 Å². The summed E-state index contributed by atoms with van der Waals surface area (Å²) in [5, 5.41) is 0. The van der Waals surface area contributed by atoms with Crippen LogP contribution in [0.1, 0.15) is 5.56 Å². The van der Waals surface area contributed by atoms with Crippen molar-refractivity contribution in [2.75, 3.05) is 12.5 Å². The van der Waals surface area contributed by atoms with Crippen LogP contribution >= 0.6 is 23.8 Å². The monoisotopic (exact) mass is 244 g/mol. The summed E-state index contributed by atoms with van der Waals surface area (Å²) < 4.78 is 15.8. The van der Waals surface area contributed by atoms with Crippen molar-refractivity contribution in [3.63, 3.8) is 0 Å². The van der Waals surface area contributed by atoms with E-state index in [0.717, 1.165) is 5.56 Å². The van der Waals surface area contributed by atoms with Crippen LogP contribution in [0.5, 0.6) is 0 Å². The first kappa shape index (κ1) is 10.7. The van der Waals surface area contributed by atoms with Crippen LogP contribution in [0, 0.1) is 4.90 Å². The van der Waals surface area contributed by atoms with Crippen molar-refractivity contribution in [2.24, 2.45) is 0 Å². The Hall–Kier alpha value is -0.840. The smallest absolute Gasteiger partial charge is 0.363 e. The van der Waals surface area contributed by atoms with E-state index in [1.54, 1.807) is 6.07 Å². The standard InChI is InChI=1S/C10H9ClO3S/c11-4-5-12-6-7-2-1-3-8-9(7)14-10(15)13-8/h1-3H,4-6H2. The second kappa shape index (κ2) is 4.79. The minimum atomic E-state index is 0.134. The zero-order valence-electron chi connectivity index (χ0n) is 7.86. The van der Waals surface area contributed by atoms with E-state index in [2.05, 4.69) is 0 Å². The second-order valence-corrected chi connectivity index (χ2v) is 3.65. The molecule has 0 bridgehead atoms. The molecule has 1 aromatic carbocycles. The highest BCUT2D eigenvalue weighted by Crippen LogP contribution is 2.21. The fourth-order valence-corrected chi connectivity index (χ4v) is 1.58. The second-order valence-electron chi connectivity index (χ2n) is 2.94. The Morgan fingerprint density at radius 2 is 2.20 bits per heavy atom. The maximum atomic E-state index is 5.51. The number of halogens is 1. The molecule has 0 saturated heterocycles. The molecule has 5 heteroatoms. The van der Waals surface area contributed by atoms with Gasteiger partial charge < -0.3 is 13.6 Å². The predicted molar refractivity (Wildman–Crippen MR) is 59.7 cm³/mol. The highest BCUT2D eigenvalue weighted by molar-refractivity contribution is 7.71. The average molecular weight is 245 g/mol. The summed E-state index contributed by atoms with van der Waals surface area (Å²) >= 11 is 10.3. The SMILES string of the molecule is S=c1oc2cccc(COCCCl)c2o1. The van der Waals surface area contributed by atoms with Gasteiger partial charge in [-0.25, -0.2) is 0 Å². The lowest BCUT2D eigenvalue weighted by molar-refractivity contribution is 0.136. The molecule has 0 aliphatic rings. The van der Waals surface area contributed by atoms with E-state index >= 15 is 0 Å². The molecular formula is C10H9ClO3S. The molecule has 2 rings (SSSR count). The molecule has 0 aliphatic heterocycles.